The summed E-state index contributed by atoms with van der Waals surface area (Å²) < 4.78 is 0. The average Bonchev–Trinajstić information content (AvgIpc) is 2.46. The first-order chi connectivity index (χ1) is 8.93. The summed E-state index contributed by atoms with van der Waals surface area (Å²) in [4.78, 5) is 9.04. The zero-order valence-corrected chi connectivity index (χ0v) is 12.4. The summed E-state index contributed by atoms with van der Waals surface area (Å²) in [6.45, 7) is 0. The standard InChI is InChI=1S/C16H10N2.Ir/c1-3-12-7-5-11-6-8-13-4-2-10-18-16(13)14(11)15(12)17-9-1;/h1-10H;. The van der Waals surface area contributed by atoms with E-state index < -0.39 is 0 Å². The predicted molar refractivity (Wildman–Crippen MR) is 74.6 cm³/mol. The predicted octanol–water partition coefficient (Wildman–Crippen LogP) is 3.93. The van der Waals surface area contributed by atoms with Crippen LogP contribution in [0.4, 0.5) is 0 Å². The van der Waals surface area contributed by atoms with E-state index >= 15 is 0 Å². The van der Waals surface area contributed by atoms with Crippen molar-refractivity contribution in [3.05, 3.63) is 60.9 Å². The molecule has 1 radical (unpaired) electrons. The Morgan fingerprint density at radius 3 is 1.58 bits per heavy atom. The smallest absolute Gasteiger partial charge is 0.0802 e. The third-order valence-corrected chi connectivity index (χ3v) is 3.33. The summed E-state index contributed by atoms with van der Waals surface area (Å²) in [5, 5.41) is 4.64. The minimum atomic E-state index is 0. The molecule has 0 bridgehead atoms. The maximum Gasteiger partial charge on any atom is 0.0802 e. The third kappa shape index (κ3) is 1.83. The van der Waals surface area contributed by atoms with Crippen molar-refractivity contribution >= 4 is 32.6 Å². The molecule has 2 nitrogen and oxygen atoms in total. The van der Waals surface area contributed by atoms with E-state index in [1.165, 1.54) is 5.39 Å². The molecule has 2 aromatic heterocycles. The van der Waals surface area contributed by atoms with Crippen LogP contribution >= 0.6 is 0 Å². The van der Waals surface area contributed by atoms with Crippen molar-refractivity contribution in [2.24, 2.45) is 0 Å². The molecule has 0 aliphatic rings. The van der Waals surface area contributed by atoms with Crippen LogP contribution in [0.25, 0.3) is 32.6 Å². The van der Waals surface area contributed by atoms with Crippen molar-refractivity contribution in [1.82, 2.24) is 9.97 Å². The van der Waals surface area contributed by atoms with Crippen molar-refractivity contribution in [3.8, 4) is 0 Å². The van der Waals surface area contributed by atoms with Gasteiger partial charge in [-0.3, -0.25) is 9.97 Å². The number of benzene rings is 2. The van der Waals surface area contributed by atoms with Crippen LogP contribution in [-0.4, -0.2) is 9.97 Å². The fourth-order valence-corrected chi connectivity index (χ4v) is 2.49. The van der Waals surface area contributed by atoms with Gasteiger partial charge in [-0.25, -0.2) is 0 Å². The molecule has 0 spiro atoms. The van der Waals surface area contributed by atoms with Gasteiger partial charge in [0.25, 0.3) is 0 Å². The van der Waals surface area contributed by atoms with Gasteiger partial charge in [0.15, 0.2) is 0 Å². The second kappa shape index (κ2) is 4.69. The molecule has 4 rings (SSSR count). The maximum atomic E-state index is 4.52. The SMILES string of the molecule is [Ir].c1cnc2c(c1)ccc1ccc3cccnc3c12. The first kappa shape index (κ1) is 12.2. The summed E-state index contributed by atoms with van der Waals surface area (Å²) in [5.41, 5.74) is 2.05. The van der Waals surface area contributed by atoms with Crippen LogP contribution in [0.3, 0.4) is 0 Å². The van der Waals surface area contributed by atoms with E-state index in [0.717, 1.165) is 27.2 Å². The number of rotatable bonds is 0. The van der Waals surface area contributed by atoms with Gasteiger partial charge in [0.1, 0.15) is 0 Å². The van der Waals surface area contributed by atoms with Gasteiger partial charge in [0, 0.05) is 48.7 Å². The molecule has 0 fully saturated rings. The quantitative estimate of drug-likeness (QED) is 0.401. The summed E-state index contributed by atoms with van der Waals surface area (Å²) in [6, 6.07) is 16.6. The van der Waals surface area contributed by atoms with Gasteiger partial charge in [0.05, 0.1) is 11.0 Å². The monoisotopic (exact) mass is 423 g/mol. The Hall–Kier alpha value is -1.83. The van der Waals surface area contributed by atoms with Crippen molar-refractivity contribution in [1.29, 1.82) is 0 Å². The number of fused-ring (bicyclic) bond motifs is 5. The maximum absolute atomic E-state index is 4.52. The van der Waals surface area contributed by atoms with E-state index in [9.17, 15) is 0 Å². The molecule has 2 aromatic carbocycles. The fraction of sp³-hybridized carbons (Fsp3) is 0. The molecular formula is C16H10IrN2. The molecular weight excluding hydrogens is 412 g/mol. The first-order valence-electron chi connectivity index (χ1n) is 5.95. The van der Waals surface area contributed by atoms with Crippen molar-refractivity contribution in [3.63, 3.8) is 0 Å². The summed E-state index contributed by atoms with van der Waals surface area (Å²) in [5.74, 6) is 0. The summed E-state index contributed by atoms with van der Waals surface area (Å²) >= 11 is 0. The Balaban J connectivity index is 0.00000110. The summed E-state index contributed by atoms with van der Waals surface area (Å²) in [6.07, 6.45) is 3.67. The van der Waals surface area contributed by atoms with Crippen LogP contribution in [0.2, 0.25) is 0 Å². The van der Waals surface area contributed by atoms with Gasteiger partial charge in [-0.2, -0.15) is 0 Å². The Morgan fingerprint density at radius 1 is 0.579 bits per heavy atom. The van der Waals surface area contributed by atoms with E-state index in [-0.39, 0.29) is 20.1 Å². The molecule has 0 N–H and O–H groups in total. The van der Waals surface area contributed by atoms with E-state index in [1.807, 2.05) is 24.5 Å². The van der Waals surface area contributed by atoms with Crippen LogP contribution < -0.4 is 0 Å². The minimum Gasteiger partial charge on any atom is -0.256 e. The molecule has 3 heteroatoms. The first-order valence-corrected chi connectivity index (χ1v) is 5.95. The van der Waals surface area contributed by atoms with Crippen LogP contribution in [0.5, 0.6) is 0 Å². The second-order valence-electron chi connectivity index (χ2n) is 4.38. The Kier molecular flexibility index (Phi) is 3.01. The fourth-order valence-electron chi connectivity index (χ4n) is 2.49. The molecule has 0 atom stereocenters. The zero-order valence-electron chi connectivity index (χ0n) is 10.0. The number of pyridine rings is 2. The van der Waals surface area contributed by atoms with Crippen LogP contribution in [-0.2, 0) is 20.1 Å². The number of nitrogens with zero attached hydrogens (tertiary/aromatic N) is 2. The molecule has 2 heterocycles. The van der Waals surface area contributed by atoms with Gasteiger partial charge in [0.2, 0.25) is 0 Å². The number of hydrogen-bond donors (Lipinski definition) is 0. The molecule has 19 heavy (non-hydrogen) atoms. The average molecular weight is 422 g/mol. The molecule has 93 valence electrons. The van der Waals surface area contributed by atoms with Gasteiger partial charge in [-0.15, -0.1) is 0 Å². The molecule has 4 aromatic rings. The Labute approximate surface area is 123 Å². The Bertz CT molecular complexity index is 816. The Morgan fingerprint density at radius 2 is 1.05 bits per heavy atom. The molecule has 0 aliphatic carbocycles. The van der Waals surface area contributed by atoms with E-state index in [1.54, 1.807) is 0 Å². The van der Waals surface area contributed by atoms with Crippen molar-refractivity contribution in [2.45, 2.75) is 0 Å². The largest absolute Gasteiger partial charge is 0.256 e. The van der Waals surface area contributed by atoms with Gasteiger partial charge < -0.3 is 0 Å². The molecule has 0 saturated carbocycles. The number of aromatic nitrogens is 2. The molecule has 0 aliphatic heterocycles. The van der Waals surface area contributed by atoms with E-state index in [4.69, 9.17) is 0 Å². The molecule has 0 saturated heterocycles. The van der Waals surface area contributed by atoms with Gasteiger partial charge in [-0.05, 0) is 17.5 Å². The zero-order chi connectivity index (χ0) is 11.9. The summed E-state index contributed by atoms with van der Waals surface area (Å²) in [7, 11) is 0. The van der Waals surface area contributed by atoms with E-state index in [2.05, 4.69) is 46.4 Å². The molecule has 0 amide bonds. The topological polar surface area (TPSA) is 25.8 Å². The second-order valence-corrected chi connectivity index (χ2v) is 4.38. The minimum absolute atomic E-state index is 0. The van der Waals surface area contributed by atoms with Crippen molar-refractivity contribution in [2.75, 3.05) is 0 Å². The van der Waals surface area contributed by atoms with Crippen molar-refractivity contribution < 1.29 is 20.1 Å². The van der Waals surface area contributed by atoms with Crippen LogP contribution in [0.15, 0.2) is 60.9 Å². The van der Waals surface area contributed by atoms with Gasteiger partial charge in [-0.1, -0.05) is 36.4 Å². The molecule has 0 unspecified atom stereocenters. The third-order valence-electron chi connectivity index (χ3n) is 3.33. The van der Waals surface area contributed by atoms with Crippen LogP contribution in [0.1, 0.15) is 0 Å². The van der Waals surface area contributed by atoms with Gasteiger partial charge >= 0.3 is 0 Å². The van der Waals surface area contributed by atoms with E-state index in [0.29, 0.717) is 0 Å². The number of hydrogen-bond acceptors (Lipinski definition) is 2. The van der Waals surface area contributed by atoms with Crippen LogP contribution in [0, 0.1) is 0 Å². The normalized spacial score (nSPS) is 10.7.